The largest absolute Gasteiger partial charge is 0.493 e. The first-order chi connectivity index (χ1) is 12.5. The highest BCUT2D eigenvalue weighted by Gasteiger charge is 2.33. The van der Waals surface area contributed by atoms with Crippen LogP contribution in [0, 0.1) is 5.82 Å². The van der Waals surface area contributed by atoms with Gasteiger partial charge in [-0.15, -0.1) is 16.8 Å². The Morgan fingerprint density at radius 1 is 1.35 bits per heavy atom. The second kappa shape index (κ2) is 8.22. The van der Waals surface area contributed by atoms with Crippen molar-refractivity contribution in [2.75, 3.05) is 23.9 Å². The standard InChI is InChI=1S/C17H20FN3O3S2/c1-2-8-21-16(13-7-11-26(22,23)12-13)19-20-17(21)25-10-9-24-15-5-3-14(18)4-6-15/h2-6,13H,1,7-12H2/t13-/m1/s1. The topological polar surface area (TPSA) is 74.1 Å². The highest BCUT2D eigenvalue weighted by molar-refractivity contribution is 7.99. The van der Waals surface area contributed by atoms with E-state index in [1.54, 1.807) is 18.2 Å². The second-order valence-electron chi connectivity index (χ2n) is 5.99. The van der Waals surface area contributed by atoms with Gasteiger partial charge in [0.1, 0.15) is 17.4 Å². The third kappa shape index (κ3) is 4.64. The lowest BCUT2D eigenvalue weighted by molar-refractivity contribution is 0.343. The Bertz CT molecular complexity index is 866. The van der Waals surface area contributed by atoms with Gasteiger partial charge in [-0.25, -0.2) is 12.8 Å². The summed E-state index contributed by atoms with van der Waals surface area (Å²) in [6, 6.07) is 5.87. The molecule has 1 aliphatic heterocycles. The van der Waals surface area contributed by atoms with Gasteiger partial charge in [0.25, 0.3) is 0 Å². The summed E-state index contributed by atoms with van der Waals surface area (Å²) in [6.07, 6.45) is 2.32. The molecule has 140 valence electrons. The molecule has 1 aromatic carbocycles. The maximum atomic E-state index is 12.9. The molecule has 6 nitrogen and oxygen atoms in total. The zero-order chi connectivity index (χ0) is 18.6. The van der Waals surface area contributed by atoms with E-state index in [-0.39, 0.29) is 23.2 Å². The van der Waals surface area contributed by atoms with Crippen molar-refractivity contribution in [1.82, 2.24) is 14.8 Å². The van der Waals surface area contributed by atoms with Gasteiger partial charge in [0.2, 0.25) is 0 Å². The first kappa shape index (κ1) is 18.9. The van der Waals surface area contributed by atoms with Gasteiger partial charge in [-0.05, 0) is 30.7 Å². The number of benzene rings is 1. The second-order valence-corrected chi connectivity index (χ2v) is 9.28. The summed E-state index contributed by atoms with van der Waals surface area (Å²) in [4.78, 5) is 0. The van der Waals surface area contributed by atoms with Crippen LogP contribution in [0.2, 0.25) is 0 Å². The van der Waals surface area contributed by atoms with Crippen LogP contribution in [0.15, 0.2) is 42.1 Å². The molecule has 1 saturated heterocycles. The molecule has 0 saturated carbocycles. The summed E-state index contributed by atoms with van der Waals surface area (Å²) >= 11 is 1.48. The quantitative estimate of drug-likeness (QED) is 0.387. The molecule has 0 bridgehead atoms. The van der Waals surface area contributed by atoms with Crippen LogP contribution in [-0.4, -0.2) is 47.0 Å². The highest BCUT2D eigenvalue weighted by Crippen LogP contribution is 2.30. The third-order valence-corrected chi connectivity index (χ3v) is 6.75. The first-order valence-electron chi connectivity index (χ1n) is 8.24. The first-order valence-corrected chi connectivity index (χ1v) is 11.0. The zero-order valence-corrected chi connectivity index (χ0v) is 15.8. The average molecular weight is 397 g/mol. The lowest BCUT2D eigenvalue weighted by atomic mass is 10.1. The smallest absolute Gasteiger partial charge is 0.191 e. The van der Waals surface area contributed by atoms with Gasteiger partial charge in [0.15, 0.2) is 15.0 Å². The summed E-state index contributed by atoms with van der Waals surface area (Å²) in [5.41, 5.74) is 0. The summed E-state index contributed by atoms with van der Waals surface area (Å²) in [5, 5.41) is 9.15. The van der Waals surface area contributed by atoms with E-state index in [1.165, 1.54) is 23.9 Å². The number of halogens is 1. The van der Waals surface area contributed by atoms with Crippen LogP contribution in [0.5, 0.6) is 5.75 Å². The van der Waals surface area contributed by atoms with Crippen molar-refractivity contribution in [3.8, 4) is 5.75 Å². The maximum Gasteiger partial charge on any atom is 0.191 e. The van der Waals surface area contributed by atoms with Crippen LogP contribution in [0.1, 0.15) is 18.2 Å². The van der Waals surface area contributed by atoms with E-state index in [0.29, 0.717) is 42.1 Å². The van der Waals surface area contributed by atoms with Crippen molar-refractivity contribution in [3.05, 3.63) is 48.6 Å². The number of hydrogen-bond donors (Lipinski definition) is 0. The molecular weight excluding hydrogens is 377 g/mol. The number of sulfone groups is 1. The normalized spacial score (nSPS) is 18.7. The molecule has 1 fully saturated rings. The van der Waals surface area contributed by atoms with Crippen molar-refractivity contribution in [2.24, 2.45) is 0 Å². The molecule has 0 unspecified atom stereocenters. The number of allylic oxidation sites excluding steroid dienone is 1. The van der Waals surface area contributed by atoms with Gasteiger partial charge in [-0.3, -0.25) is 0 Å². The van der Waals surface area contributed by atoms with E-state index >= 15 is 0 Å². The molecule has 1 atom stereocenters. The monoisotopic (exact) mass is 397 g/mol. The number of rotatable bonds is 8. The van der Waals surface area contributed by atoms with E-state index in [0.717, 1.165) is 0 Å². The number of ether oxygens (including phenoxy) is 1. The lowest BCUT2D eigenvalue weighted by Crippen LogP contribution is -2.11. The van der Waals surface area contributed by atoms with E-state index in [4.69, 9.17) is 4.74 Å². The van der Waals surface area contributed by atoms with Gasteiger partial charge < -0.3 is 9.30 Å². The van der Waals surface area contributed by atoms with Gasteiger partial charge in [0, 0.05) is 18.2 Å². The van der Waals surface area contributed by atoms with Crippen LogP contribution < -0.4 is 4.74 Å². The predicted octanol–water partition coefficient (Wildman–Crippen LogP) is 2.68. The maximum absolute atomic E-state index is 12.9. The molecule has 26 heavy (non-hydrogen) atoms. The summed E-state index contributed by atoms with van der Waals surface area (Å²) in [6.45, 7) is 4.72. The lowest BCUT2D eigenvalue weighted by Gasteiger charge is -2.11. The summed E-state index contributed by atoms with van der Waals surface area (Å²) in [5.74, 6) is 1.86. The minimum Gasteiger partial charge on any atom is -0.493 e. The van der Waals surface area contributed by atoms with Gasteiger partial charge >= 0.3 is 0 Å². The Hall–Kier alpha value is -1.87. The van der Waals surface area contributed by atoms with Crippen LogP contribution in [-0.2, 0) is 16.4 Å². The minimum atomic E-state index is -2.98. The van der Waals surface area contributed by atoms with E-state index < -0.39 is 9.84 Å². The number of aromatic nitrogens is 3. The fourth-order valence-corrected chi connectivity index (χ4v) is 5.34. The molecular formula is C17H20FN3O3S2. The fourth-order valence-electron chi connectivity index (χ4n) is 2.83. The van der Waals surface area contributed by atoms with Crippen molar-refractivity contribution in [3.63, 3.8) is 0 Å². The Labute approximate surface area is 156 Å². The molecule has 1 aromatic heterocycles. The van der Waals surface area contributed by atoms with E-state index in [1.807, 2.05) is 4.57 Å². The zero-order valence-electron chi connectivity index (χ0n) is 14.2. The van der Waals surface area contributed by atoms with E-state index in [9.17, 15) is 12.8 Å². The molecule has 0 spiro atoms. The molecule has 3 rings (SSSR count). The highest BCUT2D eigenvalue weighted by atomic mass is 32.2. The van der Waals surface area contributed by atoms with E-state index in [2.05, 4.69) is 16.8 Å². The van der Waals surface area contributed by atoms with Crippen LogP contribution in [0.3, 0.4) is 0 Å². The van der Waals surface area contributed by atoms with Gasteiger partial charge in [-0.2, -0.15) is 0 Å². The summed E-state index contributed by atoms with van der Waals surface area (Å²) in [7, 11) is -2.98. The van der Waals surface area contributed by atoms with Crippen LogP contribution in [0.4, 0.5) is 4.39 Å². The van der Waals surface area contributed by atoms with Crippen molar-refractivity contribution in [2.45, 2.75) is 24.0 Å². The van der Waals surface area contributed by atoms with Crippen molar-refractivity contribution in [1.29, 1.82) is 0 Å². The van der Waals surface area contributed by atoms with Gasteiger partial charge in [0.05, 0.1) is 18.1 Å². The minimum absolute atomic E-state index is 0.114. The van der Waals surface area contributed by atoms with Crippen LogP contribution >= 0.6 is 11.8 Å². The Balaban J connectivity index is 1.60. The molecule has 0 N–H and O–H groups in total. The molecule has 1 aliphatic rings. The third-order valence-electron chi connectivity index (χ3n) is 4.05. The Morgan fingerprint density at radius 3 is 2.77 bits per heavy atom. The van der Waals surface area contributed by atoms with Gasteiger partial charge in [-0.1, -0.05) is 17.8 Å². The number of thioether (sulfide) groups is 1. The van der Waals surface area contributed by atoms with Crippen molar-refractivity contribution >= 4 is 21.6 Å². The van der Waals surface area contributed by atoms with Crippen molar-refractivity contribution < 1.29 is 17.5 Å². The molecule has 9 heteroatoms. The number of hydrogen-bond acceptors (Lipinski definition) is 6. The summed E-state index contributed by atoms with van der Waals surface area (Å²) < 4.78 is 43.8. The molecule has 2 heterocycles. The Morgan fingerprint density at radius 2 is 2.12 bits per heavy atom. The molecule has 0 radical (unpaired) electrons. The Kier molecular flexibility index (Phi) is 5.98. The molecule has 2 aromatic rings. The predicted molar refractivity (Wildman–Crippen MR) is 98.8 cm³/mol. The molecule has 0 aliphatic carbocycles. The molecule has 0 amide bonds. The SMILES string of the molecule is C=CCn1c(SCCOc2ccc(F)cc2)nnc1[C@@H]1CCS(=O)(=O)C1. The fraction of sp³-hybridized carbons (Fsp3) is 0.412. The number of nitrogens with zero attached hydrogens (tertiary/aromatic N) is 3. The van der Waals surface area contributed by atoms with Crippen LogP contribution in [0.25, 0.3) is 0 Å². The average Bonchev–Trinajstić information content (AvgIpc) is 3.17.